The molecule has 0 spiro atoms. The fourth-order valence-electron chi connectivity index (χ4n) is 2.39. The van der Waals surface area contributed by atoms with E-state index in [1.165, 1.54) is 16.7 Å². The third kappa shape index (κ3) is 2.33. The third-order valence-electron chi connectivity index (χ3n) is 3.31. The van der Waals surface area contributed by atoms with E-state index in [9.17, 15) is 0 Å². The van der Waals surface area contributed by atoms with Crippen molar-refractivity contribution in [3.05, 3.63) is 58.5 Å². The van der Waals surface area contributed by atoms with Crippen LogP contribution in [0.3, 0.4) is 0 Å². The van der Waals surface area contributed by atoms with Crippen molar-refractivity contribution in [3.63, 3.8) is 0 Å². The van der Waals surface area contributed by atoms with E-state index in [4.69, 9.17) is 10.3 Å². The van der Waals surface area contributed by atoms with E-state index >= 15 is 0 Å². The minimum atomic E-state index is -0.0145. The lowest BCUT2D eigenvalue weighted by molar-refractivity contribution is 0.502. The summed E-state index contributed by atoms with van der Waals surface area (Å²) in [5, 5.41) is 0. The number of hydrazine groups is 1. The lowest BCUT2D eigenvalue weighted by Crippen LogP contribution is -2.29. The number of aryl methyl sites for hydroxylation is 3. The summed E-state index contributed by atoms with van der Waals surface area (Å²) in [7, 11) is 0. The summed E-state index contributed by atoms with van der Waals surface area (Å²) in [5.41, 5.74) is 7.70. The standard InChI is InChI=1S/C15H20N2O/c1-4-14-13(7-8-18-14)15(17-16)12-6-5-10(2)9-11(12)3/h5-9,15,17H,4,16H2,1-3H3. The van der Waals surface area contributed by atoms with Gasteiger partial charge in [0.15, 0.2) is 0 Å². The van der Waals surface area contributed by atoms with E-state index in [0.29, 0.717) is 0 Å². The minimum Gasteiger partial charge on any atom is -0.469 e. The quantitative estimate of drug-likeness (QED) is 0.642. The molecule has 2 rings (SSSR count). The fourth-order valence-corrected chi connectivity index (χ4v) is 2.39. The molecule has 18 heavy (non-hydrogen) atoms. The molecule has 0 aliphatic rings. The van der Waals surface area contributed by atoms with Gasteiger partial charge in [-0.05, 0) is 31.0 Å². The second-order valence-electron chi connectivity index (χ2n) is 4.61. The van der Waals surface area contributed by atoms with E-state index in [-0.39, 0.29) is 6.04 Å². The molecule has 0 aliphatic heterocycles. The Kier molecular flexibility index (Phi) is 3.84. The van der Waals surface area contributed by atoms with Crippen molar-refractivity contribution in [1.82, 2.24) is 5.43 Å². The predicted molar refractivity (Wildman–Crippen MR) is 73.2 cm³/mol. The summed E-state index contributed by atoms with van der Waals surface area (Å²) in [5.74, 6) is 6.72. The molecule has 1 heterocycles. The van der Waals surface area contributed by atoms with Gasteiger partial charge in [0, 0.05) is 12.0 Å². The first-order valence-corrected chi connectivity index (χ1v) is 6.27. The minimum absolute atomic E-state index is 0.0145. The Morgan fingerprint density at radius 1 is 1.22 bits per heavy atom. The van der Waals surface area contributed by atoms with Crippen LogP contribution in [0.1, 0.15) is 41.0 Å². The summed E-state index contributed by atoms with van der Waals surface area (Å²) < 4.78 is 5.49. The van der Waals surface area contributed by atoms with E-state index in [2.05, 4.69) is 44.4 Å². The topological polar surface area (TPSA) is 51.2 Å². The SMILES string of the molecule is CCc1occc1C(NN)c1ccc(C)cc1C. The van der Waals surface area contributed by atoms with Crippen LogP contribution in [0.4, 0.5) is 0 Å². The fraction of sp³-hybridized carbons (Fsp3) is 0.333. The van der Waals surface area contributed by atoms with Gasteiger partial charge in [0.1, 0.15) is 5.76 Å². The maximum atomic E-state index is 5.73. The van der Waals surface area contributed by atoms with Crippen LogP contribution in [0.5, 0.6) is 0 Å². The van der Waals surface area contributed by atoms with Crippen molar-refractivity contribution in [2.75, 3.05) is 0 Å². The van der Waals surface area contributed by atoms with Gasteiger partial charge in [-0.1, -0.05) is 30.7 Å². The molecule has 0 bridgehead atoms. The molecule has 0 saturated carbocycles. The van der Waals surface area contributed by atoms with Gasteiger partial charge in [0.2, 0.25) is 0 Å². The van der Waals surface area contributed by atoms with Gasteiger partial charge in [-0.15, -0.1) is 0 Å². The first-order valence-electron chi connectivity index (χ1n) is 6.27. The second kappa shape index (κ2) is 5.38. The van der Waals surface area contributed by atoms with Gasteiger partial charge in [0.05, 0.1) is 12.3 Å². The number of hydrogen-bond acceptors (Lipinski definition) is 3. The van der Waals surface area contributed by atoms with Crippen LogP contribution in [-0.4, -0.2) is 0 Å². The van der Waals surface area contributed by atoms with Crippen molar-refractivity contribution in [3.8, 4) is 0 Å². The van der Waals surface area contributed by atoms with Crippen LogP contribution in [-0.2, 0) is 6.42 Å². The molecule has 0 aliphatic carbocycles. The van der Waals surface area contributed by atoms with E-state index in [1.807, 2.05) is 6.07 Å². The lowest BCUT2D eigenvalue weighted by atomic mass is 9.94. The van der Waals surface area contributed by atoms with E-state index < -0.39 is 0 Å². The van der Waals surface area contributed by atoms with Gasteiger partial charge in [0.25, 0.3) is 0 Å². The van der Waals surface area contributed by atoms with Crippen LogP contribution in [0, 0.1) is 13.8 Å². The number of hydrogen-bond donors (Lipinski definition) is 2. The second-order valence-corrected chi connectivity index (χ2v) is 4.61. The number of nitrogens with two attached hydrogens (primary N) is 1. The first kappa shape index (κ1) is 12.9. The van der Waals surface area contributed by atoms with E-state index in [1.54, 1.807) is 6.26 Å². The third-order valence-corrected chi connectivity index (χ3v) is 3.31. The summed E-state index contributed by atoms with van der Waals surface area (Å²) in [6, 6.07) is 8.38. The zero-order chi connectivity index (χ0) is 13.1. The monoisotopic (exact) mass is 244 g/mol. The molecule has 0 amide bonds. The molecule has 0 fully saturated rings. The van der Waals surface area contributed by atoms with Crippen molar-refractivity contribution in [2.24, 2.45) is 5.84 Å². The van der Waals surface area contributed by atoms with Crippen molar-refractivity contribution < 1.29 is 4.42 Å². The molecule has 0 saturated heterocycles. The molecule has 2 aromatic rings. The van der Waals surface area contributed by atoms with Crippen molar-refractivity contribution in [2.45, 2.75) is 33.2 Å². The van der Waals surface area contributed by atoms with Gasteiger partial charge in [-0.25, -0.2) is 5.43 Å². The van der Waals surface area contributed by atoms with Crippen molar-refractivity contribution >= 4 is 0 Å². The zero-order valence-corrected chi connectivity index (χ0v) is 11.2. The van der Waals surface area contributed by atoms with Gasteiger partial charge in [-0.2, -0.15) is 0 Å². The van der Waals surface area contributed by atoms with Crippen LogP contribution in [0.15, 0.2) is 34.9 Å². The maximum Gasteiger partial charge on any atom is 0.108 e. The normalized spacial score (nSPS) is 12.7. The van der Waals surface area contributed by atoms with E-state index in [0.717, 1.165) is 17.7 Å². The number of furan rings is 1. The molecule has 3 N–H and O–H groups in total. The first-order chi connectivity index (χ1) is 8.67. The highest BCUT2D eigenvalue weighted by Gasteiger charge is 2.19. The Bertz CT molecular complexity index is 531. The highest BCUT2D eigenvalue weighted by Crippen LogP contribution is 2.28. The molecular formula is C15H20N2O. The zero-order valence-electron chi connectivity index (χ0n) is 11.2. The summed E-state index contributed by atoms with van der Waals surface area (Å²) in [6.07, 6.45) is 2.59. The summed E-state index contributed by atoms with van der Waals surface area (Å²) >= 11 is 0. The maximum absolute atomic E-state index is 5.73. The van der Waals surface area contributed by atoms with Crippen LogP contribution < -0.4 is 11.3 Å². The lowest BCUT2D eigenvalue weighted by Gasteiger charge is -2.19. The largest absolute Gasteiger partial charge is 0.469 e. The highest BCUT2D eigenvalue weighted by atomic mass is 16.3. The number of benzene rings is 1. The van der Waals surface area contributed by atoms with Crippen molar-refractivity contribution in [1.29, 1.82) is 0 Å². The Labute approximate surface area is 108 Å². The average molecular weight is 244 g/mol. The van der Waals surface area contributed by atoms with Crippen LogP contribution >= 0.6 is 0 Å². The highest BCUT2D eigenvalue weighted by molar-refractivity contribution is 5.39. The molecule has 1 aromatic heterocycles. The molecule has 96 valence electrons. The molecule has 3 nitrogen and oxygen atoms in total. The number of nitrogens with one attached hydrogen (secondary N) is 1. The van der Waals surface area contributed by atoms with Gasteiger partial charge in [-0.3, -0.25) is 5.84 Å². The smallest absolute Gasteiger partial charge is 0.108 e. The van der Waals surface area contributed by atoms with Gasteiger partial charge >= 0.3 is 0 Å². The predicted octanol–water partition coefficient (Wildman–Crippen LogP) is 3.01. The Morgan fingerprint density at radius 2 is 2.00 bits per heavy atom. The Morgan fingerprint density at radius 3 is 2.61 bits per heavy atom. The molecule has 3 heteroatoms. The summed E-state index contributed by atoms with van der Waals surface area (Å²) in [6.45, 7) is 6.28. The molecule has 1 unspecified atom stereocenters. The van der Waals surface area contributed by atoms with Crippen LogP contribution in [0.25, 0.3) is 0 Å². The molecule has 0 radical (unpaired) electrons. The molecular weight excluding hydrogens is 224 g/mol. The average Bonchev–Trinajstić information content (AvgIpc) is 2.81. The molecule has 1 atom stereocenters. The Hall–Kier alpha value is -1.58. The Balaban J connectivity index is 2.45. The summed E-state index contributed by atoms with van der Waals surface area (Å²) in [4.78, 5) is 0. The van der Waals surface area contributed by atoms with Crippen LogP contribution in [0.2, 0.25) is 0 Å². The number of rotatable bonds is 4. The molecule has 1 aromatic carbocycles. The van der Waals surface area contributed by atoms with Gasteiger partial charge < -0.3 is 4.42 Å².